The zero-order chi connectivity index (χ0) is 19.8. The van der Waals surface area contributed by atoms with Gasteiger partial charge in [0.25, 0.3) is 5.56 Å². The highest BCUT2D eigenvalue weighted by Crippen LogP contribution is 2.20. The summed E-state index contributed by atoms with van der Waals surface area (Å²) < 4.78 is 23.2. The minimum absolute atomic E-state index is 0.0290. The number of aromatic nitrogens is 6. The third kappa shape index (κ3) is 3.33. The summed E-state index contributed by atoms with van der Waals surface area (Å²) in [6, 6.07) is 6.20. The fourth-order valence-electron chi connectivity index (χ4n) is 2.79. The highest BCUT2D eigenvalue weighted by atomic mass is 35.5. The molecule has 0 N–H and O–H groups in total. The van der Waals surface area contributed by atoms with Crippen molar-refractivity contribution in [3.8, 4) is 0 Å². The van der Waals surface area contributed by atoms with Crippen molar-refractivity contribution in [2.45, 2.75) is 19.3 Å². The summed E-state index contributed by atoms with van der Waals surface area (Å²) in [4.78, 5) is 32.6. The van der Waals surface area contributed by atoms with Crippen molar-refractivity contribution in [1.29, 1.82) is 0 Å². The summed E-state index contributed by atoms with van der Waals surface area (Å²) in [5.41, 5.74) is 0.643. The summed E-state index contributed by atoms with van der Waals surface area (Å²) in [6.07, 6.45) is 1.31. The van der Waals surface area contributed by atoms with Crippen LogP contribution in [0.4, 0.5) is 4.39 Å². The maximum atomic E-state index is 14.5. The van der Waals surface area contributed by atoms with E-state index in [9.17, 15) is 14.0 Å². The Balaban J connectivity index is 1.57. The number of benzene rings is 1. The van der Waals surface area contributed by atoms with Gasteiger partial charge in [-0.05, 0) is 17.7 Å². The molecule has 4 aromatic rings. The van der Waals surface area contributed by atoms with Crippen molar-refractivity contribution < 1.29 is 8.81 Å². The maximum Gasteiger partial charge on any atom is 0.437 e. The summed E-state index contributed by atoms with van der Waals surface area (Å²) in [5, 5.41) is 4.47. The predicted molar refractivity (Wildman–Crippen MR) is 97.9 cm³/mol. The molecule has 1 aromatic carbocycles. The maximum absolute atomic E-state index is 14.5. The Morgan fingerprint density at radius 3 is 2.64 bits per heavy atom. The molecule has 0 aliphatic carbocycles. The number of hydrogen-bond donors (Lipinski definition) is 0. The lowest BCUT2D eigenvalue weighted by Crippen LogP contribution is -2.23. The third-order valence-electron chi connectivity index (χ3n) is 4.22. The number of alkyl halides is 1. The van der Waals surface area contributed by atoms with Crippen LogP contribution in [0.1, 0.15) is 17.6 Å². The van der Waals surface area contributed by atoms with Crippen LogP contribution in [0, 0.1) is 0 Å². The molecule has 4 rings (SSSR count). The molecule has 3 aromatic heterocycles. The van der Waals surface area contributed by atoms with E-state index in [-0.39, 0.29) is 24.5 Å². The highest BCUT2D eigenvalue weighted by Gasteiger charge is 2.17. The van der Waals surface area contributed by atoms with Crippen molar-refractivity contribution in [2.75, 3.05) is 0 Å². The van der Waals surface area contributed by atoms with Crippen molar-refractivity contribution in [3.63, 3.8) is 0 Å². The Kier molecular flexibility index (Phi) is 4.55. The van der Waals surface area contributed by atoms with E-state index in [1.807, 2.05) is 0 Å². The van der Waals surface area contributed by atoms with Gasteiger partial charge in [0.05, 0.1) is 12.9 Å². The molecule has 0 aliphatic rings. The second kappa shape index (κ2) is 7.04. The fraction of sp³-hybridized carbons (Fsp3) is 0.235. The van der Waals surface area contributed by atoms with Crippen LogP contribution >= 0.6 is 11.6 Å². The fourth-order valence-corrected chi connectivity index (χ4v) is 2.91. The standard InChI is InChI=1S/C17H14ClFN6O3/c1-23-8-20-15-14(23)16(26)24(9-21-15)7-13-22-25(17(27)28-13)6-12(19)10-2-4-11(18)5-3-10/h2-5,8-9,12H,6-7H2,1H3. The van der Waals surface area contributed by atoms with Gasteiger partial charge in [-0.1, -0.05) is 23.7 Å². The van der Waals surface area contributed by atoms with E-state index >= 15 is 0 Å². The molecule has 0 amide bonds. The summed E-state index contributed by atoms with van der Waals surface area (Å²) in [5.74, 6) is -0.840. The summed E-state index contributed by atoms with van der Waals surface area (Å²) in [6.45, 7) is -0.440. The van der Waals surface area contributed by atoms with Gasteiger partial charge < -0.3 is 8.98 Å². The smallest absolute Gasteiger partial charge is 0.390 e. The van der Waals surface area contributed by atoms with Crippen LogP contribution in [0.5, 0.6) is 0 Å². The molecule has 0 saturated carbocycles. The largest absolute Gasteiger partial charge is 0.437 e. The number of halogens is 2. The van der Waals surface area contributed by atoms with Crippen LogP contribution < -0.4 is 11.3 Å². The van der Waals surface area contributed by atoms with E-state index < -0.39 is 11.9 Å². The lowest BCUT2D eigenvalue weighted by molar-refractivity contribution is 0.283. The molecule has 11 heteroatoms. The van der Waals surface area contributed by atoms with E-state index in [0.717, 1.165) is 4.68 Å². The van der Waals surface area contributed by atoms with Crippen LogP contribution in [0.3, 0.4) is 0 Å². The minimum atomic E-state index is -1.47. The van der Waals surface area contributed by atoms with E-state index in [2.05, 4.69) is 15.1 Å². The van der Waals surface area contributed by atoms with Gasteiger partial charge in [0.2, 0.25) is 5.89 Å². The highest BCUT2D eigenvalue weighted by molar-refractivity contribution is 6.30. The van der Waals surface area contributed by atoms with Crippen molar-refractivity contribution >= 4 is 22.8 Å². The first-order valence-corrected chi connectivity index (χ1v) is 8.63. The van der Waals surface area contributed by atoms with Crippen LogP contribution in [0.15, 0.2) is 50.9 Å². The molecule has 28 heavy (non-hydrogen) atoms. The second-order valence-electron chi connectivity index (χ2n) is 6.17. The van der Waals surface area contributed by atoms with Crippen LogP contribution in [-0.2, 0) is 20.1 Å². The summed E-state index contributed by atoms with van der Waals surface area (Å²) >= 11 is 5.79. The monoisotopic (exact) mass is 404 g/mol. The molecular weight excluding hydrogens is 391 g/mol. The van der Waals surface area contributed by atoms with E-state index in [1.165, 1.54) is 29.4 Å². The molecule has 0 radical (unpaired) electrons. The molecule has 0 saturated heterocycles. The normalized spacial score (nSPS) is 12.5. The van der Waals surface area contributed by atoms with Crippen molar-refractivity contribution in [1.82, 2.24) is 28.9 Å². The number of hydrogen-bond acceptors (Lipinski definition) is 6. The van der Waals surface area contributed by atoms with Gasteiger partial charge in [-0.3, -0.25) is 9.36 Å². The van der Waals surface area contributed by atoms with Gasteiger partial charge in [-0.2, -0.15) is 4.68 Å². The van der Waals surface area contributed by atoms with Gasteiger partial charge in [0, 0.05) is 12.1 Å². The van der Waals surface area contributed by atoms with Gasteiger partial charge in [-0.15, -0.1) is 5.10 Å². The summed E-state index contributed by atoms with van der Waals surface area (Å²) in [7, 11) is 1.68. The first kappa shape index (κ1) is 18.1. The van der Waals surface area contributed by atoms with Crippen LogP contribution in [0.2, 0.25) is 5.02 Å². The number of fused-ring (bicyclic) bond motifs is 1. The first-order chi connectivity index (χ1) is 13.4. The van der Waals surface area contributed by atoms with Crippen LogP contribution in [0.25, 0.3) is 11.2 Å². The van der Waals surface area contributed by atoms with E-state index in [1.54, 1.807) is 23.7 Å². The second-order valence-corrected chi connectivity index (χ2v) is 6.60. The van der Waals surface area contributed by atoms with Gasteiger partial charge in [-0.25, -0.2) is 19.2 Å². The average molecular weight is 405 g/mol. The van der Waals surface area contributed by atoms with Gasteiger partial charge >= 0.3 is 5.76 Å². The molecule has 0 fully saturated rings. The number of imidazole rings is 1. The van der Waals surface area contributed by atoms with Gasteiger partial charge in [0.1, 0.15) is 19.0 Å². The van der Waals surface area contributed by atoms with Crippen molar-refractivity contribution in [3.05, 3.63) is 74.3 Å². The third-order valence-corrected chi connectivity index (χ3v) is 4.47. The molecule has 3 heterocycles. The molecule has 144 valence electrons. The lowest BCUT2D eigenvalue weighted by Gasteiger charge is -2.07. The molecule has 0 aliphatic heterocycles. The average Bonchev–Trinajstić information content (AvgIpc) is 3.21. The topological polar surface area (TPSA) is 101 Å². The zero-order valence-electron chi connectivity index (χ0n) is 14.6. The van der Waals surface area contributed by atoms with Crippen molar-refractivity contribution in [2.24, 2.45) is 7.05 Å². The first-order valence-electron chi connectivity index (χ1n) is 8.25. The SMILES string of the molecule is Cn1cnc2ncn(Cc3nn(CC(F)c4ccc(Cl)cc4)c(=O)o3)c(=O)c21. The van der Waals surface area contributed by atoms with Gasteiger partial charge in [0.15, 0.2) is 11.2 Å². The molecule has 1 atom stereocenters. The Labute approximate surface area is 161 Å². The number of aryl methyl sites for hydroxylation is 1. The number of nitrogens with zero attached hydrogens (tertiary/aromatic N) is 6. The lowest BCUT2D eigenvalue weighted by atomic mass is 10.1. The van der Waals surface area contributed by atoms with E-state index in [4.69, 9.17) is 16.0 Å². The predicted octanol–water partition coefficient (Wildman–Crippen LogP) is 1.69. The molecule has 1 unspecified atom stereocenters. The Hall–Kier alpha value is -3.27. The molecule has 9 nitrogen and oxygen atoms in total. The minimum Gasteiger partial charge on any atom is -0.390 e. The molecular formula is C17H14ClFN6O3. The molecule has 0 spiro atoms. The Morgan fingerprint density at radius 1 is 1.18 bits per heavy atom. The zero-order valence-corrected chi connectivity index (χ0v) is 15.4. The van der Waals surface area contributed by atoms with E-state index in [0.29, 0.717) is 21.7 Å². The Morgan fingerprint density at radius 2 is 1.89 bits per heavy atom. The number of rotatable bonds is 5. The quantitative estimate of drug-likeness (QED) is 0.501. The Bertz CT molecular complexity index is 1260. The van der Waals surface area contributed by atoms with Crippen LogP contribution in [-0.4, -0.2) is 28.9 Å². The molecule has 0 bridgehead atoms.